The summed E-state index contributed by atoms with van der Waals surface area (Å²) in [5, 5.41) is 0. The van der Waals surface area contributed by atoms with Gasteiger partial charge in [-0.2, -0.15) is 0 Å². The van der Waals surface area contributed by atoms with Gasteiger partial charge in [-0.25, -0.2) is 4.39 Å². The van der Waals surface area contributed by atoms with Gasteiger partial charge in [0.05, 0.1) is 6.42 Å². The van der Waals surface area contributed by atoms with Gasteiger partial charge in [-0.3, -0.25) is 4.79 Å². The first-order valence-electron chi connectivity index (χ1n) is 6.08. The molecule has 1 saturated carbocycles. The Kier molecular flexibility index (Phi) is 3.46. The fourth-order valence-corrected chi connectivity index (χ4v) is 2.05. The van der Waals surface area contributed by atoms with Crippen LogP contribution in [0.2, 0.25) is 0 Å². The lowest BCUT2D eigenvalue weighted by atomic mass is 10.1. The Morgan fingerprint density at radius 2 is 2.12 bits per heavy atom. The van der Waals surface area contributed by atoms with E-state index in [9.17, 15) is 9.18 Å². The lowest BCUT2D eigenvalue weighted by Gasteiger charge is -2.25. The second-order valence-corrected chi connectivity index (χ2v) is 4.85. The summed E-state index contributed by atoms with van der Waals surface area (Å²) in [7, 11) is 1.81. The molecule has 1 amide bonds. The van der Waals surface area contributed by atoms with Crippen LogP contribution in [-0.2, 0) is 11.2 Å². The molecular formula is C14H18FNO. The van der Waals surface area contributed by atoms with Gasteiger partial charge in [0.1, 0.15) is 5.82 Å². The van der Waals surface area contributed by atoms with Crippen molar-refractivity contribution < 1.29 is 9.18 Å². The van der Waals surface area contributed by atoms with Crippen LogP contribution in [0.5, 0.6) is 0 Å². The fourth-order valence-electron chi connectivity index (χ4n) is 2.05. The van der Waals surface area contributed by atoms with E-state index in [0.29, 0.717) is 11.5 Å². The van der Waals surface area contributed by atoms with Gasteiger partial charge in [-0.15, -0.1) is 0 Å². The second-order valence-electron chi connectivity index (χ2n) is 4.85. The minimum atomic E-state index is -0.298. The molecule has 1 unspecified atom stereocenters. The zero-order valence-electron chi connectivity index (χ0n) is 10.3. The van der Waals surface area contributed by atoms with Gasteiger partial charge in [0.2, 0.25) is 5.91 Å². The highest BCUT2D eigenvalue weighted by Gasteiger charge is 2.32. The van der Waals surface area contributed by atoms with Crippen molar-refractivity contribution in [2.75, 3.05) is 7.05 Å². The Morgan fingerprint density at radius 3 is 2.71 bits per heavy atom. The molecule has 1 atom stereocenters. The molecule has 1 fully saturated rings. The Bertz CT molecular complexity index is 414. The Labute approximate surface area is 101 Å². The van der Waals surface area contributed by atoms with Crippen molar-refractivity contribution in [3.8, 4) is 0 Å². The SMILES string of the molecule is CC(C1CC1)N(C)C(=O)Cc1ccccc1F. The summed E-state index contributed by atoms with van der Waals surface area (Å²) >= 11 is 0. The Balaban J connectivity index is 1.98. The summed E-state index contributed by atoms with van der Waals surface area (Å²) in [5.74, 6) is 0.340. The average molecular weight is 235 g/mol. The number of rotatable bonds is 4. The van der Waals surface area contributed by atoms with Crippen molar-refractivity contribution in [1.29, 1.82) is 0 Å². The largest absolute Gasteiger partial charge is 0.342 e. The van der Waals surface area contributed by atoms with Crippen LogP contribution >= 0.6 is 0 Å². The van der Waals surface area contributed by atoms with Gasteiger partial charge in [0.25, 0.3) is 0 Å². The first-order chi connectivity index (χ1) is 8.09. The standard InChI is InChI=1S/C14H18FNO/c1-10(11-7-8-11)16(2)14(17)9-12-5-3-4-6-13(12)15/h3-6,10-11H,7-9H2,1-2H3. The maximum atomic E-state index is 13.4. The summed E-state index contributed by atoms with van der Waals surface area (Å²) in [6.45, 7) is 2.07. The monoisotopic (exact) mass is 235 g/mol. The minimum absolute atomic E-state index is 0.00509. The molecule has 0 spiro atoms. The first kappa shape index (κ1) is 12.1. The van der Waals surface area contributed by atoms with Crippen molar-refractivity contribution in [2.45, 2.75) is 32.2 Å². The van der Waals surface area contributed by atoms with Crippen LogP contribution in [0, 0.1) is 11.7 Å². The van der Waals surface area contributed by atoms with Crippen molar-refractivity contribution in [1.82, 2.24) is 4.90 Å². The molecular weight excluding hydrogens is 217 g/mol. The lowest BCUT2D eigenvalue weighted by molar-refractivity contribution is -0.131. The van der Waals surface area contributed by atoms with E-state index in [-0.39, 0.29) is 24.2 Å². The zero-order valence-corrected chi connectivity index (χ0v) is 10.3. The fraction of sp³-hybridized carbons (Fsp3) is 0.500. The quantitative estimate of drug-likeness (QED) is 0.785. The normalized spacial score (nSPS) is 16.6. The van der Waals surface area contributed by atoms with Gasteiger partial charge < -0.3 is 4.90 Å². The molecule has 2 nitrogen and oxygen atoms in total. The molecule has 0 N–H and O–H groups in total. The number of benzene rings is 1. The van der Waals surface area contributed by atoms with Crippen molar-refractivity contribution >= 4 is 5.91 Å². The van der Waals surface area contributed by atoms with Crippen molar-refractivity contribution in [3.63, 3.8) is 0 Å². The maximum Gasteiger partial charge on any atom is 0.227 e. The number of carbonyl (C=O) groups is 1. The van der Waals surface area contributed by atoms with E-state index in [1.54, 1.807) is 23.1 Å². The summed E-state index contributed by atoms with van der Waals surface area (Å²) in [4.78, 5) is 13.8. The number of carbonyl (C=O) groups excluding carboxylic acids is 1. The van der Waals surface area contributed by atoms with Crippen LogP contribution in [0.25, 0.3) is 0 Å². The molecule has 1 aromatic rings. The molecule has 1 aromatic carbocycles. The van der Waals surface area contributed by atoms with Crippen LogP contribution in [0.15, 0.2) is 24.3 Å². The molecule has 1 aliphatic carbocycles. The lowest BCUT2D eigenvalue weighted by Crippen LogP contribution is -2.37. The molecule has 0 bridgehead atoms. The Morgan fingerprint density at radius 1 is 1.47 bits per heavy atom. The molecule has 0 saturated heterocycles. The number of likely N-dealkylation sites (N-methyl/N-ethyl adjacent to an activating group) is 1. The summed E-state index contributed by atoms with van der Waals surface area (Å²) in [6, 6.07) is 6.74. The third-order valence-corrected chi connectivity index (χ3v) is 3.61. The van der Waals surface area contributed by atoms with E-state index in [4.69, 9.17) is 0 Å². The van der Waals surface area contributed by atoms with E-state index in [2.05, 4.69) is 6.92 Å². The number of amides is 1. The highest BCUT2D eigenvalue weighted by atomic mass is 19.1. The van der Waals surface area contributed by atoms with E-state index in [1.807, 2.05) is 7.05 Å². The van der Waals surface area contributed by atoms with Crippen LogP contribution in [-0.4, -0.2) is 23.9 Å². The molecule has 0 heterocycles. The summed E-state index contributed by atoms with van der Waals surface area (Å²) in [5.41, 5.74) is 0.479. The smallest absolute Gasteiger partial charge is 0.227 e. The number of nitrogens with zero attached hydrogens (tertiary/aromatic N) is 1. The predicted octanol–water partition coefficient (Wildman–Crippen LogP) is 2.63. The van der Waals surface area contributed by atoms with Crippen LogP contribution in [0.3, 0.4) is 0 Å². The first-order valence-corrected chi connectivity index (χ1v) is 6.08. The van der Waals surface area contributed by atoms with Gasteiger partial charge in [-0.05, 0) is 37.3 Å². The zero-order chi connectivity index (χ0) is 12.4. The number of hydrogen-bond donors (Lipinski definition) is 0. The average Bonchev–Trinajstić information content (AvgIpc) is 3.14. The number of hydrogen-bond acceptors (Lipinski definition) is 1. The van der Waals surface area contributed by atoms with Crippen molar-refractivity contribution in [3.05, 3.63) is 35.6 Å². The topological polar surface area (TPSA) is 20.3 Å². The molecule has 1 aliphatic rings. The molecule has 17 heavy (non-hydrogen) atoms. The predicted molar refractivity (Wildman–Crippen MR) is 65.1 cm³/mol. The van der Waals surface area contributed by atoms with Crippen LogP contribution in [0.4, 0.5) is 4.39 Å². The third-order valence-electron chi connectivity index (χ3n) is 3.61. The number of halogens is 1. The minimum Gasteiger partial charge on any atom is -0.342 e. The van der Waals surface area contributed by atoms with Gasteiger partial charge in [0.15, 0.2) is 0 Å². The van der Waals surface area contributed by atoms with Crippen molar-refractivity contribution in [2.24, 2.45) is 5.92 Å². The third kappa shape index (κ3) is 2.84. The molecule has 0 aromatic heterocycles. The van der Waals surface area contributed by atoms with Crippen LogP contribution in [0.1, 0.15) is 25.3 Å². The van der Waals surface area contributed by atoms with Crippen LogP contribution < -0.4 is 0 Å². The van der Waals surface area contributed by atoms with E-state index >= 15 is 0 Å². The molecule has 3 heteroatoms. The summed E-state index contributed by atoms with van der Waals surface area (Å²) < 4.78 is 13.4. The van der Waals surface area contributed by atoms with Gasteiger partial charge in [-0.1, -0.05) is 18.2 Å². The molecule has 0 radical (unpaired) electrons. The second kappa shape index (κ2) is 4.86. The van der Waals surface area contributed by atoms with E-state index in [0.717, 1.165) is 0 Å². The van der Waals surface area contributed by atoms with E-state index < -0.39 is 0 Å². The molecule has 0 aliphatic heterocycles. The highest BCUT2D eigenvalue weighted by molar-refractivity contribution is 5.78. The van der Waals surface area contributed by atoms with Gasteiger partial charge >= 0.3 is 0 Å². The maximum absolute atomic E-state index is 13.4. The van der Waals surface area contributed by atoms with E-state index in [1.165, 1.54) is 18.9 Å². The highest BCUT2D eigenvalue weighted by Crippen LogP contribution is 2.34. The molecule has 92 valence electrons. The summed E-state index contributed by atoms with van der Waals surface area (Å²) in [6.07, 6.45) is 2.57. The van der Waals surface area contributed by atoms with Gasteiger partial charge in [0, 0.05) is 13.1 Å². The Hall–Kier alpha value is -1.38. The molecule has 2 rings (SSSR count).